The van der Waals surface area contributed by atoms with Gasteiger partial charge in [0, 0.05) is 28.5 Å². The Bertz CT molecular complexity index is 587. The number of thioether (sulfide) groups is 1. The Hall–Kier alpha value is -1.39. The number of pyridine rings is 1. The predicted octanol–water partition coefficient (Wildman–Crippen LogP) is 3.40. The van der Waals surface area contributed by atoms with Crippen LogP contribution < -0.4 is 0 Å². The van der Waals surface area contributed by atoms with E-state index in [1.165, 1.54) is 17.7 Å². The average molecular weight is 289 g/mol. The molecule has 0 fully saturated rings. The van der Waals surface area contributed by atoms with Crippen molar-refractivity contribution >= 4 is 11.8 Å². The first kappa shape index (κ1) is 13.6. The molecule has 2 atom stereocenters. The van der Waals surface area contributed by atoms with Gasteiger partial charge in [-0.3, -0.25) is 4.98 Å². The van der Waals surface area contributed by atoms with E-state index in [0.29, 0.717) is 5.75 Å². The highest BCUT2D eigenvalue weighted by Gasteiger charge is 2.29. The second-order valence-electron chi connectivity index (χ2n) is 5.03. The Labute approximate surface area is 122 Å². The van der Waals surface area contributed by atoms with Crippen molar-refractivity contribution in [2.24, 2.45) is 0 Å². The van der Waals surface area contributed by atoms with E-state index in [4.69, 9.17) is 0 Å². The van der Waals surface area contributed by atoms with Gasteiger partial charge < -0.3 is 5.11 Å². The first-order valence-electron chi connectivity index (χ1n) is 6.74. The zero-order valence-electron chi connectivity index (χ0n) is 11.0. The van der Waals surface area contributed by atoms with Crippen molar-refractivity contribution in [3.63, 3.8) is 0 Å². The summed E-state index contributed by atoms with van der Waals surface area (Å²) < 4.78 is 12.8. The molecule has 2 unspecified atom stereocenters. The van der Waals surface area contributed by atoms with Crippen LogP contribution in [0, 0.1) is 5.82 Å². The number of hydrogen-bond donors (Lipinski definition) is 1. The third-order valence-electron chi connectivity index (χ3n) is 3.70. The molecule has 1 N–H and O–H groups in total. The minimum absolute atomic E-state index is 0.124. The largest absolute Gasteiger partial charge is 0.392 e. The van der Waals surface area contributed by atoms with Crippen LogP contribution in [0.3, 0.4) is 0 Å². The summed E-state index contributed by atoms with van der Waals surface area (Å²) in [6.45, 7) is 0. The molecular formula is C16H16FNOS. The number of benzene rings is 1. The standard InChI is InChI=1S/C16H16FNOS/c17-12-4-6-13(7-5-12)20-10-15(19)14-8-3-11-2-1-9-18-16(11)14/h1-2,4-7,9,14-15,19H,3,8,10H2. The van der Waals surface area contributed by atoms with Crippen molar-refractivity contribution in [2.45, 2.75) is 29.8 Å². The second kappa shape index (κ2) is 5.94. The molecule has 1 heterocycles. The van der Waals surface area contributed by atoms with Crippen molar-refractivity contribution in [3.05, 3.63) is 59.7 Å². The highest BCUT2D eigenvalue weighted by atomic mass is 32.2. The number of rotatable bonds is 4. The number of halogens is 1. The molecule has 104 valence electrons. The van der Waals surface area contributed by atoms with Crippen molar-refractivity contribution < 1.29 is 9.50 Å². The monoisotopic (exact) mass is 289 g/mol. The number of aliphatic hydroxyl groups excluding tert-OH is 1. The zero-order chi connectivity index (χ0) is 13.9. The summed E-state index contributed by atoms with van der Waals surface area (Å²) in [5.41, 5.74) is 2.29. The van der Waals surface area contributed by atoms with Crippen LogP contribution in [-0.2, 0) is 6.42 Å². The maximum absolute atomic E-state index is 12.8. The molecule has 0 bridgehead atoms. The number of aliphatic hydroxyl groups is 1. The van der Waals surface area contributed by atoms with Crippen LogP contribution in [-0.4, -0.2) is 21.9 Å². The van der Waals surface area contributed by atoms with Gasteiger partial charge in [-0.1, -0.05) is 6.07 Å². The van der Waals surface area contributed by atoms with Crippen molar-refractivity contribution in [1.29, 1.82) is 0 Å². The van der Waals surface area contributed by atoms with E-state index in [1.807, 2.05) is 6.07 Å². The molecular weight excluding hydrogens is 273 g/mol. The van der Waals surface area contributed by atoms with Gasteiger partial charge in [-0.15, -0.1) is 11.8 Å². The summed E-state index contributed by atoms with van der Waals surface area (Å²) in [7, 11) is 0. The second-order valence-corrected chi connectivity index (χ2v) is 6.12. The Kier molecular flexibility index (Phi) is 4.03. The molecule has 0 saturated heterocycles. The molecule has 3 rings (SSSR count). The Morgan fingerprint density at radius 3 is 2.90 bits per heavy atom. The summed E-state index contributed by atoms with van der Waals surface area (Å²) in [6, 6.07) is 10.4. The molecule has 1 aromatic carbocycles. The number of fused-ring (bicyclic) bond motifs is 1. The SMILES string of the molecule is OC(CSc1ccc(F)cc1)C1CCc2cccnc21. The molecule has 0 aliphatic heterocycles. The van der Waals surface area contributed by atoms with E-state index >= 15 is 0 Å². The highest BCUT2D eigenvalue weighted by Crippen LogP contribution is 2.35. The predicted molar refractivity (Wildman–Crippen MR) is 78.4 cm³/mol. The molecule has 0 spiro atoms. The van der Waals surface area contributed by atoms with E-state index in [2.05, 4.69) is 11.1 Å². The van der Waals surface area contributed by atoms with Gasteiger partial charge in [0.25, 0.3) is 0 Å². The normalized spacial score (nSPS) is 18.8. The number of aromatic nitrogens is 1. The Morgan fingerprint density at radius 1 is 1.30 bits per heavy atom. The van der Waals surface area contributed by atoms with Gasteiger partial charge in [-0.25, -0.2) is 4.39 Å². The molecule has 0 radical (unpaired) electrons. The van der Waals surface area contributed by atoms with Crippen molar-refractivity contribution in [1.82, 2.24) is 4.98 Å². The lowest BCUT2D eigenvalue weighted by Gasteiger charge is -2.18. The van der Waals surface area contributed by atoms with Gasteiger partial charge in [0.05, 0.1) is 6.10 Å². The van der Waals surface area contributed by atoms with Crippen LogP contribution in [0.1, 0.15) is 23.6 Å². The van der Waals surface area contributed by atoms with Gasteiger partial charge in [0.15, 0.2) is 0 Å². The number of nitrogens with zero attached hydrogens (tertiary/aromatic N) is 1. The number of hydrogen-bond acceptors (Lipinski definition) is 3. The fraction of sp³-hybridized carbons (Fsp3) is 0.312. The van der Waals surface area contributed by atoms with E-state index in [1.54, 1.807) is 30.1 Å². The summed E-state index contributed by atoms with van der Waals surface area (Å²) in [4.78, 5) is 5.39. The fourth-order valence-corrected chi connectivity index (χ4v) is 3.57. The zero-order valence-corrected chi connectivity index (χ0v) is 11.8. The minimum atomic E-state index is -0.416. The van der Waals surface area contributed by atoms with Gasteiger partial charge in [0.2, 0.25) is 0 Å². The van der Waals surface area contributed by atoms with Crippen molar-refractivity contribution in [2.75, 3.05) is 5.75 Å². The topological polar surface area (TPSA) is 33.1 Å². The molecule has 0 amide bonds. The van der Waals surface area contributed by atoms with Crippen LogP contribution in [0.25, 0.3) is 0 Å². The maximum Gasteiger partial charge on any atom is 0.123 e. The molecule has 2 nitrogen and oxygen atoms in total. The molecule has 4 heteroatoms. The van der Waals surface area contributed by atoms with Gasteiger partial charge in [-0.2, -0.15) is 0 Å². The maximum atomic E-state index is 12.8. The molecule has 1 aliphatic rings. The molecule has 20 heavy (non-hydrogen) atoms. The first-order valence-corrected chi connectivity index (χ1v) is 7.73. The van der Waals surface area contributed by atoms with Crippen LogP contribution >= 0.6 is 11.8 Å². The van der Waals surface area contributed by atoms with Crippen LogP contribution in [0.15, 0.2) is 47.5 Å². The Morgan fingerprint density at radius 2 is 2.10 bits per heavy atom. The van der Waals surface area contributed by atoms with Gasteiger partial charge in [-0.05, 0) is 48.7 Å². The van der Waals surface area contributed by atoms with E-state index in [-0.39, 0.29) is 11.7 Å². The fourth-order valence-electron chi connectivity index (χ4n) is 2.65. The lowest BCUT2D eigenvalue weighted by atomic mass is 10.0. The van der Waals surface area contributed by atoms with Crippen LogP contribution in [0.2, 0.25) is 0 Å². The van der Waals surface area contributed by atoms with E-state index in [0.717, 1.165) is 23.4 Å². The summed E-state index contributed by atoms with van der Waals surface area (Å²) in [5.74, 6) is 0.495. The first-order chi connectivity index (χ1) is 9.74. The molecule has 0 saturated carbocycles. The van der Waals surface area contributed by atoms with Crippen LogP contribution in [0.4, 0.5) is 4.39 Å². The molecule has 1 aliphatic carbocycles. The smallest absolute Gasteiger partial charge is 0.123 e. The molecule has 2 aromatic rings. The minimum Gasteiger partial charge on any atom is -0.392 e. The third-order valence-corrected chi connectivity index (χ3v) is 4.81. The lowest BCUT2D eigenvalue weighted by molar-refractivity contribution is 0.165. The third kappa shape index (κ3) is 2.86. The van der Waals surface area contributed by atoms with Gasteiger partial charge >= 0.3 is 0 Å². The quantitative estimate of drug-likeness (QED) is 0.876. The number of aryl methyl sites for hydroxylation is 1. The van der Waals surface area contributed by atoms with E-state index < -0.39 is 6.10 Å². The van der Waals surface area contributed by atoms with E-state index in [9.17, 15) is 9.50 Å². The highest BCUT2D eigenvalue weighted by molar-refractivity contribution is 7.99. The van der Waals surface area contributed by atoms with Crippen molar-refractivity contribution in [3.8, 4) is 0 Å². The van der Waals surface area contributed by atoms with Gasteiger partial charge in [0.1, 0.15) is 5.82 Å². The summed E-state index contributed by atoms with van der Waals surface area (Å²) in [5, 5.41) is 10.4. The summed E-state index contributed by atoms with van der Waals surface area (Å²) >= 11 is 1.55. The average Bonchev–Trinajstić information content (AvgIpc) is 2.90. The molecule has 1 aromatic heterocycles. The van der Waals surface area contributed by atoms with Crippen LogP contribution in [0.5, 0.6) is 0 Å². The lowest BCUT2D eigenvalue weighted by Crippen LogP contribution is -2.19. The Balaban J connectivity index is 1.63. The summed E-state index contributed by atoms with van der Waals surface area (Å²) in [6.07, 6.45) is 3.32.